The van der Waals surface area contributed by atoms with Crippen LogP contribution in [-0.4, -0.2) is 26.8 Å². The molecule has 0 saturated carbocycles. The van der Waals surface area contributed by atoms with Crippen LogP contribution in [0.4, 0.5) is 10.3 Å². The van der Waals surface area contributed by atoms with E-state index >= 15 is 0 Å². The Balaban J connectivity index is 1.75. The summed E-state index contributed by atoms with van der Waals surface area (Å²) in [7, 11) is 0. The van der Waals surface area contributed by atoms with Gasteiger partial charge < -0.3 is 14.8 Å². The first kappa shape index (κ1) is 20.8. The average Bonchev–Trinajstić information content (AvgIpc) is 3.15. The molecule has 0 saturated heterocycles. The quantitative estimate of drug-likeness (QED) is 0.452. The van der Waals surface area contributed by atoms with Crippen LogP contribution in [0.3, 0.4) is 0 Å². The van der Waals surface area contributed by atoms with Crippen LogP contribution in [0.2, 0.25) is 0 Å². The van der Waals surface area contributed by atoms with Crippen molar-refractivity contribution in [2.45, 2.75) is 26.6 Å². The zero-order chi connectivity index (χ0) is 20.6. The smallest absolute Gasteiger partial charge is 0.243 e. The summed E-state index contributed by atoms with van der Waals surface area (Å²) >= 11 is 3.56. The molecule has 152 valence electrons. The molecular weight excluding hydrogens is 441 g/mol. The number of nitrogens with one attached hydrogen (secondary N) is 1. The Labute approximate surface area is 176 Å². The normalized spacial score (nSPS) is 10.6. The fraction of sp³-hybridized carbons (Fsp3) is 0.250. The molecule has 3 rings (SSSR count). The predicted octanol–water partition coefficient (Wildman–Crippen LogP) is 4.35. The van der Waals surface area contributed by atoms with E-state index in [1.54, 1.807) is 29.0 Å². The van der Waals surface area contributed by atoms with Gasteiger partial charge in [-0.15, -0.1) is 6.58 Å². The summed E-state index contributed by atoms with van der Waals surface area (Å²) < 4.78 is 27.8. The lowest BCUT2D eigenvalue weighted by Gasteiger charge is -2.16. The van der Waals surface area contributed by atoms with Crippen molar-refractivity contribution in [1.29, 1.82) is 0 Å². The Morgan fingerprint density at radius 1 is 1.21 bits per heavy atom. The van der Waals surface area contributed by atoms with Gasteiger partial charge in [-0.25, -0.2) is 9.07 Å². The second-order valence-electron chi connectivity index (χ2n) is 6.03. The molecule has 0 atom stereocenters. The Morgan fingerprint density at radius 3 is 2.76 bits per heavy atom. The fourth-order valence-electron chi connectivity index (χ4n) is 2.62. The number of aromatic nitrogens is 4. The van der Waals surface area contributed by atoms with Gasteiger partial charge in [0, 0.05) is 16.6 Å². The molecule has 1 heterocycles. The molecule has 7 nitrogen and oxygen atoms in total. The third kappa shape index (κ3) is 5.32. The van der Waals surface area contributed by atoms with Gasteiger partial charge in [-0.1, -0.05) is 45.3 Å². The van der Waals surface area contributed by atoms with E-state index in [0.717, 1.165) is 10.0 Å². The Bertz CT molecular complexity index is 979. The van der Waals surface area contributed by atoms with E-state index in [1.165, 1.54) is 6.07 Å². The number of tetrazole rings is 1. The van der Waals surface area contributed by atoms with E-state index in [-0.39, 0.29) is 12.4 Å². The van der Waals surface area contributed by atoms with Gasteiger partial charge in [0.25, 0.3) is 0 Å². The van der Waals surface area contributed by atoms with Crippen molar-refractivity contribution in [3.05, 3.63) is 70.5 Å². The van der Waals surface area contributed by atoms with E-state index in [0.29, 0.717) is 42.7 Å². The van der Waals surface area contributed by atoms with Crippen LogP contribution in [-0.2, 0) is 19.7 Å². The highest BCUT2D eigenvalue weighted by Gasteiger charge is 2.13. The molecule has 0 aliphatic rings. The van der Waals surface area contributed by atoms with Crippen molar-refractivity contribution in [1.82, 2.24) is 20.2 Å². The molecular formula is C20H21BrFN5O2. The molecule has 0 aliphatic heterocycles. The van der Waals surface area contributed by atoms with Gasteiger partial charge in [0.1, 0.15) is 12.4 Å². The fourth-order valence-corrected chi connectivity index (χ4v) is 3.08. The van der Waals surface area contributed by atoms with Crippen LogP contribution < -0.4 is 14.8 Å². The van der Waals surface area contributed by atoms with E-state index in [1.807, 2.05) is 19.1 Å². The van der Waals surface area contributed by atoms with Gasteiger partial charge in [-0.05, 0) is 41.1 Å². The highest BCUT2D eigenvalue weighted by atomic mass is 79.9. The lowest BCUT2D eigenvalue weighted by Crippen LogP contribution is -2.09. The number of allylic oxidation sites excluding steroid dienone is 1. The lowest BCUT2D eigenvalue weighted by molar-refractivity contribution is 0.265. The highest BCUT2D eigenvalue weighted by Crippen LogP contribution is 2.35. The molecule has 0 aliphatic carbocycles. The van der Waals surface area contributed by atoms with Crippen molar-refractivity contribution in [3.63, 3.8) is 0 Å². The van der Waals surface area contributed by atoms with Gasteiger partial charge in [-0.3, -0.25) is 0 Å². The standard InChI is InChI=1S/C20H21BrFN5O2/c1-3-9-27-20(24-25-26-27)23-12-15-10-18(28-4-2)19(11-16(15)21)29-13-14-7-5-6-8-17(14)22/h3,5-8,10-11H,1,4,9,12-13H2,2H3,(H,23,24,26). The summed E-state index contributed by atoms with van der Waals surface area (Å²) in [6, 6.07) is 10.2. The van der Waals surface area contributed by atoms with Crippen LogP contribution in [0.5, 0.6) is 11.5 Å². The maximum atomic E-state index is 13.9. The molecule has 0 spiro atoms. The van der Waals surface area contributed by atoms with E-state index in [2.05, 4.69) is 43.4 Å². The molecule has 9 heteroatoms. The highest BCUT2D eigenvalue weighted by molar-refractivity contribution is 9.10. The molecule has 1 N–H and O–H groups in total. The zero-order valence-corrected chi connectivity index (χ0v) is 17.5. The van der Waals surface area contributed by atoms with Crippen LogP contribution in [0.25, 0.3) is 0 Å². The number of anilines is 1. The van der Waals surface area contributed by atoms with Gasteiger partial charge >= 0.3 is 0 Å². The van der Waals surface area contributed by atoms with Crippen LogP contribution in [0.1, 0.15) is 18.1 Å². The summed E-state index contributed by atoms with van der Waals surface area (Å²) in [6.07, 6.45) is 1.71. The number of ether oxygens (including phenoxy) is 2. The Hall–Kier alpha value is -2.94. The first-order chi connectivity index (χ1) is 14.1. The minimum absolute atomic E-state index is 0.104. The number of halogens is 2. The zero-order valence-electron chi connectivity index (χ0n) is 15.9. The topological polar surface area (TPSA) is 74.1 Å². The first-order valence-electron chi connectivity index (χ1n) is 9.04. The monoisotopic (exact) mass is 461 g/mol. The molecule has 0 bridgehead atoms. The second-order valence-corrected chi connectivity index (χ2v) is 6.88. The Kier molecular flexibility index (Phi) is 7.18. The van der Waals surface area contributed by atoms with Gasteiger partial charge in [-0.2, -0.15) is 0 Å². The number of rotatable bonds is 10. The second kappa shape index (κ2) is 10.0. The largest absolute Gasteiger partial charge is 0.490 e. The summed E-state index contributed by atoms with van der Waals surface area (Å²) in [5, 5.41) is 14.7. The van der Waals surface area contributed by atoms with Crippen LogP contribution >= 0.6 is 15.9 Å². The molecule has 0 unspecified atom stereocenters. The van der Waals surface area contributed by atoms with Crippen molar-refractivity contribution in [3.8, 4) is 11.5 Å². The van der Waals surface area contributed by atoms with E-state index in [9.17, 15) is 4.39 Å². The first-order valence-corrected chi connectivity index (χ1v) is 9.84. The summed E-state index contributed by atoms with van der Waals surface area (Å²) in [6.45, 7) is 7.13. The summed E-state index contributed by atoms with van der Waals surface area (Å²) in [5.74, 6) is 1.34. The number of nitrogens with zero attached hydrogens (tertiary/aromatic N) is 4. The molecule has 0 fully saturated rings. The van der Waals surface area contributed by atoms with Crippen LogP contribution in [0.15, 0.2) is 53.5 Å². The van der Waals surface area contributed by atoms with E-state index < -0.39 is 0 Å². The van der Waals surface area contributed by atoms with Gasteiger partial charge in [0.05, 0.1) is 13.2 Å². The summed E-state index contributed by atoms with van der Waals surface area (Å²) in [5.41, 5.74) is 1.41. The molecule has 2 aromatic carbocycles. The number of hydrogen-bond acceptors (Lipinski definition) is 6. The van der Waals surface area contributed by atoms with E-state index in [4.69, 9.17) is 9.47 Å². The maximum absolute atomic E-state index is 13.9. The molecule has 0 radical (unpaired) electrons. The molecule has 29 heavy (non-hydrogen) atoms. The minimum Gasteiger partial charge on any atom is -0.490 e. The third-order valence-electron chi connectivity index (χ3n) is 4.02. The van der Waals surface area contributed by atoms with Gasteiger partial charge in [0.15, 0.2) is 11.5 Å². The number of benzene rings is 2. The van der Waals surface area contributed by atoms with Crippen molar-refractivity contribution in [2.75, 3.05) is 11.9 Å². The van der Waals surface area contributed by atoms with Gasteiger partial charge in [0.2, 0.25) is 5.95 Å². The Morgan fingerprint density at radius 2 is 2.00 bits per heavy atom. The van der Waals surface area contributed by atoms with Crippen molar-refractivity contribution in [2.24, 2.45) is 0 Å². The maximum Gasteiger partial charge on any atom is 0.243 e. The molecule has 0 amide bonds. The summed E-state index contributed by atoms with van der Waals surface area (Å²) in [4.78, 5) is 0. The third-order valence-corrected chi connectivity index (χ3v) is 4.76. The molecule has 3 aromatic rings. The van der Waals surface area contributed by atoms with Crippen LogP contribution in [0, 0.1) is 5.82 Å². The molecule has 1 aromatic heterocycles. The predicted molar refractivity (Wildman–Crippen MR) is 111 cm³/mol. The lowest BCUT2D eigenvalue weighted by atomic mass is 10.2. The minimum atomic E-state index is -0.303. The SMILES string of the molecule is C=CCn1nnnc1NCc1cc(OCC)c(OCc2ccccc2F)cc1Br. The average molecular weight is 462 g/mol. The number of hydrogen-bond donors (Lipinski definition) is 1. The van der Waals surface area contributed by atoms with Crippen molar-refractivity contribution >= 4 is 21.9 Å². The van der Waals surface area contributed by atoms with Crippen molar-refractivity contribution < 1.29 is 13.9 Å².